The third-order valence-electron chi connectivity index (χ3n) is 2.34. The molecule has 0 amide bonds. The minimum Gasteiger partial charge on any atom is -0.377 e. The number of fused-ring (bicyclic) bond motifs is 1. The molecule has 0 radical (unpaired) electrons. The molecule has 2 N–H and O–H groups in total. The SMILES string of the molecule is Cl.NC1CCOCc2cc(Cl)ccc21. The van der Waals surface area contributed by atoms with Gasteiger partial charge in [0.05, 0.1) is 6.61 Å². The maximum Gasteiger partial charge on any atom is 0.0720 e. The smallest absolute Gasteiger partial charge is 0.0720 e. The average molecular weight is 234 g/mol. The second-order valence-electron chi connectivity index (χ2n) is 3.29. The number of halogens is 2. The van der Waals surface area contributed by atoms with Crippen LogP contribution in [0.2, 0.25) is 5.02 Å². The molecule has 0 aromatic heterocycles. The molecule has 78 valence electrons. The molecule has 1 aliphatic heterocycles. The maximum absolute atomic E-state index is 5.97. The van der Waals surface area contributed by atoms with E-state index in [2.05, 4.69) is 0 Å². The van der Waals surface area contributed by atoms with Gasteiger partial charge in [-0.15, -0.1) is 12.4 Å². The lowest BCUT2D eigenvalue weighted by Gasteiger charge is -2.10. The fourth-order valence-electron chi connectivity index (χ4n) is 1.61. The first-order valence-electron chi connectivity index (χ1n) is 4.39. The molecule has 2 rings (SSSR count). The summed E-state index contributed by atoms with van der Waals surface area (Å²) in [4.78, 5) is 0. The van der Waals surface area contributed by atoms with Gasteiger partial charge in [-0.1, -0.05) is 17.7 Å². The Balaban J connectivity index is 0.000000980. The fraction of sp³-hybridized carbons (Fsp3) is 0.400. The largest absolute Gasteiger partial charge is 0.377 e. The number of benzene rings is 1. The number of rotatable bonds is 0. The predicted octanol–water partition coefficient (Wildman–Crippen LogP) is 2.68. The maximum atomic E-state index is 5.97. The highest BCUT2D eigenvalue weighted by Gasteiger charge is 2.14. The quantitative estimate of drug-likeness (QED) is 0.748. The van der Waals surface area contributed by atoms with E-state index in [-0.39, 0.29) is 18.4 Å². The van der Waals surface area contributed by atoms with Gasteiger partial charge in [0.25, 0.3) is 0 Å². The van der Waals surface area contributed by atoms with Crippen LogP contribution in [0.4, 0.5) is 0 Å². The molecule has 1 heterocycles. The summed E-state index contributed by atoms with van der Waals surface area (Å²) >= 11 is 5.88. The van der Waals surface area contributed by atoms with Crippen LogP contribution in [0.5, 0.6) is 0 Å². The lowest BCUT2D eigenvalue weighted by molar-refractivity contribution is 0.122. The number of hydrogen-bond acceptors (Lipinski definition) is 2. The van der Waals surface area contributed by atoms with Gasteiger partial charge in [0.1, 0.15) is 0 Å². The monoisotopic (exact) mass is 233 g/mol. The average Bonchev–Trinajstić information content (AvgIpc) is 2.28. The van der Waals surface area contributed by atoms with Crippen LogP contribution in [0.1, 0.15) is 23.6 Å². The molecule has 14 heavy (non-hydrogen) atoms. The van der Waals surface area contributed by atoms with Crippen molar-refractivity contribution in [3.8, 4) is 0 Å². The Morgan fingerprint density at radius 3 is 3.00 bits per heavy atom. The Morgan fingerprint density at radius 1 is 1.43 bits per heavy atom. The molecule has 0 spiro atoms. The van der Waals surface area contributed by atoms with Crippen molar-refractivity contribution in [1.82, 2.24) is 0 Å². The number of ether oxygens (including phenoxy) is 1. The number of nitrogens with two attached hydrogens (primary N) is 1. The van der Waals surface area contributed by atoms with Gasteiger partial charge in [0.15, 0.2) is 0 Å². The molecule has 0 fully saturated rings. The minimum absolute atomic E-state index is 0. The van der Waals surface area contributed by atoms with Crippen LogP contribution in [-0.2, 0) is 11.3 Å². The van der Waals surface area contributed by atoms with E-state index in [9.17, 15) is 0 Å². The van der Waals surface area contributed by atoms with Gasteiger partial charge in [0, 0.05) is 17.7 Å². The van der Waals surface area contributed by atoms with Gasteiger partial charge in [-0.25, -0.2) is 0 Å². The van der Waals surface area contributed by atoms with Gasteiger partial charge in [-0.05, 0) is 29.7 Å². The zero-order chi connectivity index (χ0) is 9.26. The molecule has 1 aromatic carbocycles. The lowest BCUT2D eigenvalue weighted by Crippen LogP contribution is -2.11. The van der Waals surface area contributed by atoms with Crippen LogP contribution in [0, 0.1) is 0 Å². The van der Waals surface area contributed by atoms with E-state index in [1.54, 1.807) is 0 Å². The van der Waals surface area contributed by atoms with Crippen LogP contribution in [0.15, 0.2) is 18.2 Å². The minimum atomic E-state index is 0. The van der Waals surface area contributed by atoms with Crippen LogP contribution >= 0.6 is 24.0 Å². The van der Waals surface area contributed by atoms with Crippen LogP contribution < -0.4 is 5.73 Å². The van der Waals surface area contributed by atoms with Crippen molar-refractivity contribution in [2.75, 3.05) is 6.61 Å². The van der Waals surface area contributed by atoms with Crippen LogP contribution in [0.3, 0.4) is 0 Å². The zero-order valence-corrected chi connectivity index (χ0v) is 9.27. The Kier molecular flexibility index (Phi) is 4.20. The highest BCUT2D eigenvalue weighted by molar-refractivity contribution is 6.30. The van der Waals surface area contributed by atoms with Gasteiger partial charge in [0.2, 0.25) is 0 Å². The highest BCUT2D eigenvalue weighted by atomic mass is 35.5. The summed E-state index contributed by atoms with van der Waals surface area (Å²) in [5.41, 5.74) is 8.26. The molecule has 1 atom stereocenters. The van der Waals surface area contributed by atoms with Crippen molar-refractivity contribution in [3.63, 3.8) is 0 Å². The van der Waals surface area contributed by atoms with Gasteiger partial charge >= 0.3 is 0 Å². The summed E-state index contributed by atoms with van der Waals surface area (Å²) in [6, 6.07) is 5.90. The number of hydrogen-bond donors (Lipinski definition) is 1. The van der Waals surface area contributed by atoms with E-state index in [0.717, 1.165) is 23.6 Å². The molecule has 1 unspecified atom stereocenters. The molecule has 0 aliphatic carbocycles. The third-order valence-corrected chi connectivity index (χ3v) is 2.57. The molecule has 0 bridgehead atoms. The summed E-state index contributed by atoms with van der Waals surface area (Å²) in [6.45, 7) is 1.36. The van der Waals surface area contributed by atoms with Crippen molar-refractivity contribution < 1.29 is 4.74 Å². The van der Waals surface area contributed by atoms with E-state index in [0.29, 0.717) is 6.61 Å². The van der Waals surface area contributed by atoms with Crippen LogP contribution in [-0.4, -0.2) is 6.61 Å². The second kappa shape index (κ2) is 4.99. The molecule has 4 heteroatoms. The zero-order valence-electron chi connectivity index (χ0n) is 7.70. The van der Waals surface area contributed by atoms with Gasteiger partial charge < -0.3 is 10.5 Å². The first-order valence-corrected chi connectivity index (χ1v) is 4.77. The van der Waals surface area contributed by atoms with E-state index in [4.69, 9.17) is 22.1 Å². The predicted molar refractivity (Wildman–Crippen MR) is 59.9 cm³/mol. The van der Waals surface area contributed by atoms with E-state index < -0.39 is 0 Å². The van der Waals surface area contributed by atoms with Crippen LogP contribution in [0.25, 0.3) is 0 Å². The first-order chi connectivity index (χ1) is 6.27. The molecular formula is C10H13Cl2NO. The summed E-state index contributed by atoms with van der Waals surface area (Å²) in [7, 11) is 0. The Hall–Kier alpha value is -0.280. The van der Waals surface area contributed by atoms with Crippen molar-refractivity contribution in [2.45, 2.75) is 19.1 Å². The third kappa shape index (κ3) is 2.39. The molecule has 0 saturated carbocycles. The molecular weight excluding hydrogens is 221 g/mol. The molecule has 1 aliphatic rings. The summed E-state index contributed by atoms with van der Waals surface area (Å²) < 4.78 is 5.41. The fourth-order valence-corrected chi connectivity index (χ4v) is 1.80. The molecule has 2 nitrogen and oxygen atoms in total. The van der Waals surface area contributed by atoms with Crippen molar-refractivity contribution in [2.24, 2.45) is 5.73 Å². The van der Waals surface area contributed by atoms with E-state index in [1.807, 2.05) is 18.2 Å². The van der Waals surface area contributed by atoms with E-state index in [1.165, 1.54) is 5.56 Å². The van der Waals surface area contributed by atoms with Gasteiger partial charge in [-0.3, -0.25) is 0 Å². The Morgan fingerprint density at radius 2 is 2.21 bits per heavy atom. The van der Waals surface area contributed by atoms with Gasteiger partial charge in [-0.2, -0.15) is 0 Å². The Labute approximate surface area is 94.8 Å². The first kappa shape index (κ1) is 11.8. The topological polar surface area (TPSA) is 35.2 Å². The standard InChI is InChI=1S/C10H12ClNO.ClH/c11-8-1-2-9-7(5-8)6-13-4-3-10(9)12;/h1-2,5,10H,3-4,6,12H2;1H. The lowest BCUT2D eigenvalue weighted by atomic mass is 10.0. The highest BCUT2D eigenvalue weighted by Crippen LogP contribution is 2.25. The normalized spacial score (nSPS) is 20.6. The van der Waals surface area contributed by atoms with Crippen molar-refractivity contribution in [3.05, 3.63) is 34.3 Å². The molecule has 0 saturated heterocycles. The van der Waals surface area contributed by atoms with E-state index >= 15 is 0 Å². The summed E-state index contributed by atoms with van der Waals surface area (Å²) in [5.74, 6) is 0. The summed E-state index contributed by atoms with van der Waals surface area (Å²) in [5, 5.41) is 0.747. The Bertz CT molecular complexity index is 317. The van der Waals surface area contributed by atoms with Crippen molar-refractivity contribution >= 4 is 24.0 Å². The summed E-state index contributed by atoms with van der Waals surface area (Å²) in [6.07, 6.45) is 0.884. The van der Waals surface area contributed by atoms with Crippen molar-refractivity contribution in [1.29, 1.82) is 0 Å². The molecule has 1 aromatic rings. The second-order valence-corrected chi connectivity index (χ2v) is 3.73.